The van der Waals surface area contributed by atoms with Crippen LogP contribution in [0.1, 0.15) is 72.9 Å². The van der Waals surface area contributed by atoms with Crippen molar-refractivity contribution in [3.05, 3.63) is 102 Å². The highest BCUT2D eigenvalue weighted by atomic mass is 16.5. The standard InChI is InChI=1S/C34H42N2O2/c1-2-36-22-10-16-30(36)18-19-34(37)29-15-9-17-32(25-29)38-31-20-23-35(24-21-31)26-33(27-11-5-3-6-12-27)28-13-7-4-8-14-28/h3-9,11-15,17,25,30-31,33H,2,10,16,18-24,26H2,1H3. The molecule has 0 aromatic heterocycles. The van der Waals surface area contributed by atoms with Gasteiger partial charge in [0.15, 0.2) is 5.78 Å². The molecule has 0 radical (unpaired) electrons. The SMILES string of the molecule is CCN1CCCC1CCC(=O)c1cccc(OC2CCN(CC(c3ccccc3)c3ccccc3)CC2)c1. The number of ether oxygens (including phenoxy) is 1. The fourth-order valence-electron chi connectivity index (χ4n) is 6.26. The van der Waals surface area contributed by atoms with Gasteiger partial charge in [0.1, 0.15) is 11.9 Å². The fraction of sp³-hybridized carbons (Fsp3) is 0.441. The molecule has 200 valence electrons. The van der Waals surface area contributed by atoms with Crippen LogP contribution >= 0.6 is 0 Å². The lowest BCUT2D eigenvalue weighted by Crippen LogP contribution is -2.40. The van der Waals surface area contributed by atoms with E-state index in [9.17, 15) is 4.79 Å². The fourth-order valence-corrected chi connectivity index (χ4v) is 6.26. The zero-order valence-electron chi connectivity index (χ0n) is 22.8. The molecule has 2 heterocycles. The summed E-state index contributed by atoms with van der Waals surface area (Å²) in [7, 11) is 0. The summed E-state index contributed by atoms with van der Waals surface area (Å²) in [5.41, 5.74) is 3.53. The normalized spacial score (nSPS) is 19.2. The second-order valence-electron chi connectivity index (χ2n) is 10.9. The van der Waals surface area contributed by atoms with Gasteiger partial charge in [0.05, 0.1) is 0 Å². The van der Waals surface area contributed by atoms with E-state index in [0.29, 0.717) is 18.4 Å². The zero-order valence-corrected chi connectivity index (χ0v) is 22.8. The lowest BCUT2D eigenvalue weighted by molar-refractivity contribution is 0.0953. The van der Waals surface area contributed by atoms with Gasteiger partial charge >= 0.3 is 0 Å². The smallest absolute Gasteiger partial charge is 0.163 e. The number of ketones is 1. The minimum Gasteiger partial charge on any atom is -0.490 e. The Morgan fingerprint density at radius 2 is 1.55 bits per heavy atom. The quantitative estimate of drug-likeness (QED) is 0.265. The molecule has 2 aliphatic heterocycles. The maximum absolute atomic E-state index is 12.9. The highest BCUT2D eigenvalue weighted by Gasteiger charge is 2.25. The van der Waals surface area contributed by atoms with Crippen LogP contribution in [-0.4, -0.2) is 60.5 Å². The monoisotopic (exact) mass is 510 g/mol. The number of piperidine rings is 1. The van der Waals surface area contributed by atoms with Gasteiger partial charge in [0, 0.05) is 43.6 Å². The molecule has 4 heteroatoms. The van der Waals surface area contributed by atoms with Crippen LogP contribution in [0.3, 0.4) is 0 Å². The lowest BCUT2D eigenvalue weighted by atomic mass is 9.90. The number of benzene rings is 3. The summed E-state index contributed by atoms with van der Waals surface area (Å²) in [6.07, 6.45) is 6.26. The minimum atomic E-state index is 0.195. The molecule has 3 aromatic rings. The number of hydrogen-bond donors (Lipinski definition) is 0. The van der Waals surface area contributed by atoms with Crippen LogP contribution in [0.15, 0.2) is 84.9 Å². The van der Waals surface area contributed by atoms with Crippen molar-refractivity contribution in [3.8, 4) is 5.75 Å². The van der Waals surface area contributed by atoms with Crippen LogP contribution in [0.2, 0.25) is 0 Å². The van der Waals surface area contributed by atoms with Gasteiger partial charge in [-0.25, -0.2) is 0 Å². The van der Waals surface area contributed by atoms with Gasteiger partial charge in [-0.05, 0) is 68.5 Å². The Bertz CT molecular complexity index is 1100. The van der Waals surface area contributed by atoms with E-state index in [1.807, 2.05) is 24.3 Å². The van der Waals surface area contributed by atoms with Gasteiger partial charge in [-0.1, -0.05) is 79.7 Å². The third kappa shape index (κ3) is 6.92. The second kappa shape index (κ2) is 13.2. The molecule has 2 saturated heterocycles. The molecular weight excluding hydrogens is 468 g/mol. The van der Waals surface area contributed by atoms with E-state index in [0.717, 1.165) is 56.8 Å². The molecule has 1 atom stereocenters. The molecule has 2 fully saturated rings. The number of carbonyl (C=O) groups is 1. The highest BCUT2D eigenvalue weighted by molar-refractivity contribution is 5.96. The van der Waals surface area contributed by atoms with Crippen molar-refractivity contribution in [2.75, 3.05) is 32.7 Å². The van der Waals surface area contributed by atoms with Gasteiger partial charge in [-0.15, -0.1) is 0 Å². The topological polar surface area (TPSA) is 32.8 Å². The first-order valence-electron chi connectivity index (χ1n) is 14.6. The molecule has 3 aromatic carbocycles. The van der Waals surface area contributed by atoms with Crippen LogP contribution in [0, 0.1) is 0 Å². The Morgan fingerprint density at radius 1 is 0.868 bits per heavy atom. The zero-order chi connectivity index (χ0) is 26.2. The van der Waals surface area contributed by atoms with E-state index < -0.39 is 0 Å². The number of carbonyl (C=O) groups excluding carboxylic acids is 1. The van der Waals surface area contributed by atoms with Crippen molar-refractivity contribution < 1.29 is 9.53 Å². The van der Waals surface area contributed by atoms with Gasteiger partial charge < -0.3 is 14.5 Å². The van der Waals surface area contributed by atoms with E-state index in [4.69, 9.17) is 4.74 Å². The third-order valence-electron chi connectivity index (χ3n) is 8.45. The Morgan fingerprint density at radius 3 is 2.21 bits per heavy atom. The minimum absolute atomic E-state index is 0.195. The summed E-state index contributed by atoms with van der Waals surface area (Å²) in [6, 6.07) is 30.1. The van der Waals surface area contributed by atoms with Gasteiger partial charge in [0.25, 0.3) is 0 Å². The van der Waals surface area contributed by atoms with Gasteiger partial charge in [-0.3, -0.25) is 4.79 Å². The lowest BCUT2D eigenvalue weighted by Gasteiger charge is -2.34. The predicted octanol–water partition coefficient (Wildman–Crippen LogP) is 6.81. The van der Waals surface area contributed by atoms with Crippen molar-refractivity contribution in [1.29, 1.82) is 0 Å². The van der Waals surface area contributed by atoms with E-state index in [1.165, 1.54) is 30.5 Å². The maximum Gasteiger partial charge on any atom is 0.163 e. The van der Waals surface area contributed by atoms with Crippen LogP contribution in [0.4, 0.5) is 0 Å². The van der Waals surface area contributed by atoms with E-state index in [2.05, 4.69) is 77.4 Å². The molecule has 0 spiro atoms. The van der Waals surface area contributed by atoms with Crippen molar-refractivity contribution in [2.24, 2.45) is 0 Å². The Kier molecular flexibility index (Phi) is 9.27. The average molecular weight is 511 g/mol. The summed E-state index contributed by atoms with van der Waals surface area (Å²) < 4.78 is 6.39. The molecule has 1 unspecified atom stereocenters. The van der Waals surface area contributed by atoms with Gasteiger partial charge in [-0.2, -0.15) is 0 Å². The first-order chi connectivity index (χ1) is 18.7. The summed E-state index contributed by atoms with van der Waals surface area (Å²) in [6.45, 7) is 7.54. The molecule has 5 rings (SSSR count). The number of nitrogens with zero attached hydrogens (tertiary/aromatic N) is 2. The van der Waals surface area contributed by atoms with Crippen LogP contribution in [-0.2, 0) is 0 Å². The number of hydrogen-bond acceptors (Lipinski definition) is 4. The van der Waals surface area contributed by atoms with Crippen molar-refractivity contribution in [1.82, 2.24) is 9.80 Å². The van der Waals surface area contributed by atoms with Gasteiger partial charge in [0.2, 0.25) is 0 Å². The molecule has 0 N–H and O–H groups in total. The summed E-state index contributed by atoms with van der Waals surface area (Å²) in [5, 5.41) is 0. The van der Waals surface area contributed by atoms with Crippen LogP contribution in [0.25, 0.3) is 0 Å². The number of rotatable bonds is 11. The summed E-state index contributed by atoms with van der Waals surface area (Å²) in [4.78, 5) is 18.0. The summed E-state index contributed by atoms with van der Waals surface area (Å²) >= 11 is 0. The molecular formula is C34H42N2O2. The van der Waals surface area contributed by atoms with E-state index in [1.54, 1.807) is 0 Å². The molecule has 38 heavy (non-hydrogen) atoms. The number of likely N-dealkylation sites (tertiary alicyclic amines) is 2. The molecule has 0 saturated carbocycles. The van der Waals surface area contributed by atoms with Crippen LogP contribution in [0.5, 0.6) is 5.75 Å². The van der Waals surface area contributed by atoms with E-state index in [-0.39, 0.29) is 11.9 Å². The van der Waals surface area contributed by atoms with Crippen molar-refractivity contribution in [2.45, 2.75) is 63.5 Å². The molecule has 0 amide bonds. The molecule has 0 bridgehead atoms. The van der Waals surface area contributed by atoms with Crippen molar-refractivity contribution in [3.63, 3.8) is 0 Å². The highest BCUT2D eigenvalue weighted by Crippen LogP contribution is 2.28. The molecule has 0 aliphatic carbocycles. The predicted molar refractivity (Wildman–Crippen MR) is 155 cm³/mol. The van der Waals surface area contributed by atoms with Crippen LogP contribution < -0.4 is 4.74 Å². The second-order valence-corrected chi connectivity index (χ2v) is 10.9. The Balaban J connectivity index is 1.13. The Labute approximate surface area is 228 Å². The summed E-state index contributed by atoms with van der Waals surface area (Å²) in [5.74, 6) is 1.43. The number of Topliss-reactive ketones (excluding diaryl/α,β-unsaturated/α-hetero) is 1. The third-order valence-corrected chi connectivity index (χ3v) is 8.45. The maximum atomic E-state index is 12.9. The van der Waals surface area contributed by atoms with E-state index >= 15 is 0 Å². The Hall–Kier alpha value is -2.95. The molecule has 2 aliphatic rings. The van der Waals surface area contributed by atoms with Crippen molar-refractivity contribution >= 4 is 5.78 Å². The first-order valence-corrected chi connectivity index (χ1v) is 14.6. The largest absolute Gasteiger partial charge is 0.490 e. The molecule has 4 nitrogen and oxygen atoms in total. The average Bonchev–Trinajstić information content (AvgIpc) is 3.44. The first kappa shape index (κ1) is 26.6.